The van der Waals surface area contributed by atoms with Crippen LogP contribution >= 0.6 is 0 Å². The summed E-state index contributed by atoms with van der Waals surface area (Å²) in [6.45, 7) is 3.19. The number of likely N-dealkylation sites (tertiary alicyclic amines) is 1. The molecule has 2 rings (SSSR count). The lowest BCUT2D eigenvalue weighted by Gasteiger charge is -2.16. The van der Waals surface area contributed by atoms with Crippen LogP contribution in [0.15, 0.2) is 18.2 Å². The van der Waals surface area contributed by atoms with Crippen LogP contribution in [0.3, 0.4) is 0 Å². The smallest absolute Gasteiger partial charge is 0.253 e. The Kier molecular flexibility index (Phi) is 3.97. The third kappa shape index (κ3) is 2.70. The van der Waals surface area contributed by atoms with Crippen molar-refractivity contribution in [3.63, 3.8) is 0 Å². The zero-order valence-corrected chi connectivity index (χ0v) is 10.5. The summed E-state index contributed by atoms with van der Waals surface area (Å²) in [5.41, 5.74) is 0.953. The molecule has 0 radical (unpaired) electrons. The molecule has 1 amide bonds. The molecule has 0 bridgehead atoms. The van der Waals surface area contributed by atoms with Gasteiger partial charge in [0.2, 0.25) is 0 Å². The van der Waals surface area contributed by atoms with Gasteiger partial charge in [-0.25, -0.2) is 4.39 Å². The van der Waals surface area contributed by atoms with Crippen LogP contribution in [-0.4, -0.2) is 35.6 Å². The molecule has 0 aromatic heterocycles. The third-order valence-corrected chi connectivity index (χ3v) is 3.53. The van der Waals surface area contributed by atoms with Gasteiger partial charge in [0, 0.05) is 25.3 Å². The minimum atomic E-state index is -0.341. The van der Waals surface area contributed by atoms with Crippen molar-refractivity contribution in [1.29, 1.82) is 0 Å². The Morgan fingerprint density at radius 3 is 3.00 bits per heavy atom. The van der Waals surface area contributed by atoms with Gasteiger partial charge in [-0.05, 0) is 43.4 Å². The first-order valence-electron chi connectivity index (χ1n) is 6.28. The molecular weight excluding hydrogens is 233 g/mol. The molecule has 3 nitrogen and oxygen atoms in total. The number of rotatable bonds is 3. The van der Waals surface area contributed by atoms with Gasteiger partial charge in [0.1, 0.15) is 5.82 Å². The van der Waals surface area contributed by atoms with Crippen LogP contribution in [0.25, 0.3) is 0 Å². The first-order valence-corrected chi connectivity index (χ1v) is 6.28. The number of hydrogen-bond donors (Lipinski definition) is 1. The van der Waals surface area contributed by atoms with Gasteiger partial charge in [-0.15, -0.1) is 0 Å². The molecule has 1 aromatic carbocycles. The molecule has 1 N–H and O–H groups in total. The number of carbonyl (C=O) groups is 1. The first-order chi connectivity index (χ1) is 8.61. The molecule has 4 heteroatoms. The minimum Gasteiger partial charge on any atom is -0.396 e. The summed E-state index contributed by atoms with van der Waals surface area (Å²) in [7, 11) is 0. The summed E-state index contributed by atoms with van der Waals surface area (Å²) in [6.07, 6.45) is 1.65. The summed E-state index contributed by atoms with van der Waals surface area (Å²) in [6, 6.07) is 4.60. The molecule has 98 valence electrons. The summed E-state index contributed by atoms with van der Waals surface area (Å²) < 4.78 is 13.4. The molecule has 1 fully saturated rings. The number of aryl methyl sites for hydroxylation is 1. The molecule has 0 spiro atoms. The molecule has 1 aliphatic rings. The van der Waals surface area contributed by atoms with Crippen LogP contribution in [0.2, 0.25) is 0 Å². The molecule has 1 saturated heterocycles. The highest BCUT2D eigenvalue weighted by Crippen LogP contribution is 2.21. The Morgan fingerprint density at radius 2 is 2.33 bits per heavy atom. The maximum atomic E-state index is 13.4. The van der Waals surface area contributed by atoms with Gasteiger partial charge in [-0.3, -0.25) is 4.79 Å². The monoisotopic (exact) mass is 251 g/mol. The average Bonchev–Trinajstić information content (AvgIpc) is 2.81. The number of carbonyl (C=O) groups excluding carboxylic acids is 1. The van der Waals surface area contributed by atoms with Crippen molar-refractivity contribution < 1.29 is 14.3 Å². The second-order valence-corrected chi connectivity index (χ2v) is 4.88. The normalized spacial score (nSPS) is 19.3. The van der Waals surface area contributed by atoms with Crippen molar-refractivity contribution in [1.82, 2.24) is 4.90 Å². The van der Waals surface area contributed by atoms with Gasteiger partial charge in [-0.1, -0.05) is 6.07 Å². The van der Waals surface area contributed by atoms with Gasteiger partial charge in [0.25, 0.3) is 5.91 Å². The number of nitrogens with zero attached hydrogens (tertiary/aromatic N) is 1. The van der Waals surface area contributed by atoms with Crippen molar-refractivity contribution in [2.24, 2.45) is 5.92 Å². The predicted molar refractivity (Wildman–Crippen MR) is 66.9 cm³/mol. The molecule has 1 unspecified atom stereocenters. The summed E-state index contributed by atoms with van der Waals surface area (Å²) in [5.74, 6) is -0.0875. The second kappa shape index (κ2) is 5.48. The van der Waals surface area contributed by atoms with Crippen LogP contribution < -0.4 is 0 Å². The van der Waals surface area contributed by atoms with E-state index in [0.717, 1.165) is 12.8 Å². The SMILES string of the molecule is Cc1ccc(C(=O)N2CCC(CCO)C2)cc1F. The lowest BCUT2D eigenvalue weighted by molar-refractivity contribution is 0.0784. The van der Waals surface area contributed by atoms with E-state index in [0.29, 0.717) is 30.1 Å². The molecule has 1 heterocycles. The van der Waals surface area contributed by atoms with E-state index >= 15 is 0 Å². The van der Waals surface area contributed by atoms with Gasteiger partial charge in [0.15, 0.2) is 0 Å². The second-order valence-electron chi connectivity index (χ2n) is 4.88. The Hall–Kier alpha value is -1.42. The largest absolute Gasteiger partial charge is 0.396 e. The molecule has 1 atom stereocenters. The molecule has 1 aliphatic heterocycles. The highest BCUT2D eigenvalue weighted by molar-refractivity contribution is 5.94. The number of amides is 1. The molecular formula is C14H18FNO2. The van der Waals surface area contributed by atoms with E-state index < -0.39 is 0 Å². The summed E-state index contributed by atoms with van der Waals surface area (Å²) in [5, 5.41) is 8.88. The number of benzene rings is 1. The Bertz CT molecular complexity index is 447. The van der Waals surface area contributed by atoms with Crippen molar-refractivity contribution in [2.45, 2.75) is 19.8 Å². The lowest BCUT2D eigenvalue weighted by atomic mass is 10.1. The number of aliphatic hydroxyl groups excluding tert-OH is 1. The Morgan fingerprint density at radius 1 is 1.56 bits per heavy atom. The molecule has 0 saturated carbocycles. The van der Waals surface area contributed by atoms with Crippen LogP contribution in [0, 0.1) is 18.7 Å². The maximum Gasteiger partial charge on any atom is 0.253 e. The Balaban J connectivity index is 2.05. The molecule has 0 aliphatic carbocycles. The van der Waals surface area contributed by atoms with Crippen molar-refractivity contribution in [2.75, 3.05) is 19.7 Å². The first kappa shape index (κ1) is 13.0. The summed E-state index contributed by atoms with van der Waals surface area (Å²) >= 11 is 0. The third-order valence-electron chi connectivity index (χ3n) is 3.53. The predicted octanol–water partition coefficient (Wildman–Crippen LogP) is 1.98. The minimum absolute atomic E-state index is 0.116. The van der Waals surface area contributed by atoms with Gasteiger partial charge in [-0.2, -0.15) is 0 Å². The highest BCUT2D eigenvalue weighted by atomic mass is 19.1. The van der Waals surface area contributed by atoms with Crippen molar-refractivity contribution >= 4 is 5.91 Å². The van der Waals surface area contributed by atoms with E-state index in [1.54, 1.807) is 24.0 Å². The topological polar surface area (TPSA) is 40.5 Å². The van der Waals surface area contributed by atoms with Gasteiger partial charge in [0.05, 0.1) is 0 Å². The molecule has 18 heavy (non-hydrogen) atoms. The Labute approximate surface area is 106 Å². The zero-order chi connectivity index (χ0) is 13.1. The van der Waals surface area contributed by atoms with E-state index in [-0.39, 0.29) is 18.3 Å². The summed E-state index contributed by atoms with van der Waals surface area (Å²) in [4.78, 5) is 13.9. The number of halogens is 1. The van der Waals surface area contributed by atoms with E-state index in [1.807, 2.05) is 0 Å². The quantitative estimate of drug-likeness (QED) is 0.892. The van der Waals surface area contributed by atoms with Gasteiger partial charge < -0.3 is 10.0 Å². The standard InChI is InChI=1S/C14H18FNO2/c1-10-2-3-12(8-13(10)15)14(18)16-6-4-11(9-16)5-7-17/h2-3,8,11,17H,4-7,9H2,1H3. The maximum absolute atomic E-state index is 13.4. The van der Waals surface area contributed by atoms with Crippen LogP contribution in [-0.2, 0) is 0 Å². The van der Waals surface area contributed by atoms with E-state index in [9.17, 15) is 9.18 Å². The van der Waals surface area contributed by atoms with Crippen LogP contribution in [0.5, 0.6) is 0 Å². The van der Waals surface area contributed by atoms with Crippen LogP contribution in [0.4, 0.5) is 4.39 Å². The number of aliphatic hydroxyl groups is 1. The van der Waals surface area contributed by atoms with Crippen molar-refractivity contribution in [3.05, 3.63) is 35.1 Å². The van der Waals surface area contributed by atoms with E-state index in [1.165, 1.54) is 6.07 Å². The fourth-order valence-corrected chi connectivity index (χ4v) is 2.34. The lowest BCUT2D eigenvalue weighted by Crippen LogP contribution is -2.28. The fraction of sp³-hybridized carbons (Fsp3) is 0.500. The van der Waals surface area contributed by atoms with E-state index in [2.05, 4.69) is 0 Å². The average molecular weight is 251 g/mol. The highest BCUT2D eigenvalue weighted by Gasteiger charge is 2.26. The van der Waals surface area contributed by atoms with E-state index in [4.69, 9.17) is 5.11 Å². The zero-order valence-electron chi connectivity index (χ0n) is 10.5. The van der Waals surface area contributed by atoms with Gasteiger partial charge >= 0.3 is 0 Å². The molecule has 1 aromatic rings. The fourth-order valence-electron chi connectivity index (χ4n) is 2.34. The number of hydrogen-bond acceptors (Lipinski definition) is 2. The van der Waals surface area contributed by atoms with Crippen LogP contribution in [0.1, 0.15) is 28.8 Å². The van der Waals surface area contributed by atoms with Crippen molar-refractivity contribution in [3.8, 4) is 0 Å².